The van der Waals surface area contributed by atoms with Crippen LogP contribution in [-0.4, -0.2) is 22.2 Å². The SMILES string of the molecule is CCCc1ccc(CC)c(-c2ccccc2C(=O)O)c1-c1ccccc1C(=O)O. The van der Waals surface area contributed by atoms with Gasteiger partial charge >= 0.3 is 11.9 Å². The molecule has 3 aromatic rings. The Kier molecular flexibility index (Phi) is 6.13. The van der Waals surface area contributed by atoms with Gasteiger partial charge in [-0.15, -0.1) is 0 Å². The second kappa shape index (κ2) is 8.74. The van der Waals surface area contributed by atoms with Gasteiger partial charge in [0.25, 0.3) is 0 Å². The Labute approximate surface area is 170 Å². The van der Waals surface area contributed by atoms with Crippen molar-refractivity contribution in [2.24, 2.45) is 0 Å². The zero-order valence-corrected chi connectivity index (χ0v) is 16.6. The highest BCUT2D eigenvalue weighted by Crippen LogP contribution is 2.41. The molecular formula is C25H24O4. The Morgan fingerprint density at radius 3 is 1.59 bits per heavy atom. The predicted octanol–water partition coefficient (Wildman–Crippen LogP) is 5.93. The van der Waals surface area contributed by atoms with Crippen LogP contribution in [0.4, 0.5) is 0 Å². The third kappa shape index (κ3) is 3.92. The smallest absolute Gasteiger partial charge is 0.336 e. The Morgan fingerprint density at radius 2 is 1.14 bits per heavy atom. The molecule has 0 saturated heterocycles. The Morgan fingerprint density at radius 1 is 0.690 bits per heavy atom. The van der Waals surface area contributed by atoms with Crippen LogP contribution in [-0.2, 0) is 12.8 Å². The fourth-order valence-corrected chi connectivity index (χ4v) is 3.85. The molecule has 4 heteroatoms. The van der Waals surface area contributed by atoms with Crippen LogP contribution in [0.15, 0.2) is 60.7 Å². The molecule has 0 amide bonds. The van der Waals surface area contributed by atoms with Gasteiger partial charge in [-0.3, -0.25) is 0 Å². The van der Waals surface area contributed by atoms with E-state index < -0.39 is 11.9 Å². The molecule has 0 fully saturated rings. The van der Waals surface area contributed by atoms with Gasteiger partial charge in [0.05, 0.1) is 11.1 Å². The van der Waals surface area contributed by atoms with E-state index in [9.17, 15) is 19.8 Å². The van der Waals surface area contributed by atoms with E-state index in [1.807, 2.05) is 37.3 Å². The summed E-state index contributed by atoms with van der Waals surface area (Å²) in [6.45, 7) is 4.10. The third-order valence-electron chi connectivity index (χ3n) is 5.13. The molecule has 0 saturated carbocycles. The van der Waals surface area contributed by atoms with Gasteiger partial charge in [0, 0.05) is 0 Å². The van der Waals surface area contributed by atoms with E-state index in [-0.39, 0.29) is 11.1 Å². The highest BCUT2D eigenvalue weighted by molar-refractivity contribution is 6.04. The quantitative estimate of drug-likeness (QED) is 0.526. The van der Waals surface area contributed by atoms with Gasteiger partial charge < -0.3 is 10.2 Å². The van der Waals surface area contributed by atoms with E-state index in [4.69, 9.17) is 0 Å². The van der Waals surface area contributed by atoms with Crippen molar-refractivity contribution in [2.75, 3.05) is 0 Å². The molecule has 0 heterocycles. The number of aromatic carboxylic acids is 2. The maximum Gasteiger partial charge on any atom is 0.336 e. The first-order valence-electron chi connectivity index (χ1n) is 9.79. The lowest BCUT2D eigenvalue weighted by Gasteiger charge is -2.21. The number of rotatable bonds is 7. The highest BCUT2D eigenvalue weighted by Gasteiger charge is 2.23. The van der Waals surface area contributed by atoms with Crippen molar-refractivity contribution < 1.29 is 19.8 Å². The summed E-state index contributed by atoms with van der Waals surface area (Å²) in [4.78, 5) is 23.9. The first kappa shape index (κ1) is 20.3. The number of hydrogen-bond acceptors (Lipinski definition) is 2. The van der Waals surface area contributed by atoms with Crippen molar-refractivity contribution in [3.05, 3.63) is 82.9 Å². The predicted molar refractivity (Wildman–Crippen MR) is 115 cm³/mol. The van der Waals surface area contributed by atoms with Gasteiger partial charge in [0.15, 0.2) is 0 Å². The van der Waals surface area contributed by atoms with Crippen LogP contribution < -0.4 is 0 Å². The second-order valence-corrected chi connectivity index (χ2v) is 6.94. The summed E-state index contributed by atoms with van der Waals surface area (Å²) in [5.74, 6) is -2.00. The number of hydrogen-bond donors (Lipinski definition) is 2. The summed E-state index contributed by atoms with van der Waals surface area (Å²) in [6, 6.07) is 17.9. The lowest BCUT2D eigenvalue weighted by Crippen LogP contribution is -2.06. The van der Waals surface area contributed by atoms with Gasteiger partial charge in [-0.05, 0) is 58.4 Å². The van der Waals surface area contributed by atoms with Gasteiger partial charge in [-0.2, -0.15) is 0 Å². The number of carboxylic acid groups (broad SMARTS) is 2. The molecule has 0 aromatic heterocycles. The number of benzene rings is 3. The van der Waals surface area contributed by atoms with Crippen molar-refractivity contribution >= 4 is 11.9 Å². The highest BCUT2D eigenvalue weighted by atomic mass is 16.4. The molecule has 3 rings (SSSR count). The number of carboxylic acids is 2. The van der Waals surface area contributed by atoms with Crippen molar-refractivity contribution in [2.45, 2.75) is 33.1 Å². The standard InChI is InChI=1S/C25H24O4/c1-3-9-17-15-14-16(4-2)22(18-10-5-7-12-20(18)24(26)27)23(17)19-11-6-8-13-21(19)25(28)29/h5-8,10-15H,3-4,9H2,1-2H3,(H,26,27)(H,28,29). The Bertz CT molecular complexity index is 1070. The second-order valence-electron chi connectivity index (χ2n) is 6.94. The summed E-state index contributed by atoms with van der Waals surface area (Å²) < 4.78 is 0. The van der Waals surface area contributed by atoms with Crippen molar-refractivity contribution in [1.82, 2.24) is 0 Å². The first-order valence-corrected chi connectivity index (χ1v) is 9.79. The average molecular weight is 388 g/mol. The van der Waals surface area contributed by atoms with Crippen LogP contribution >= 0.6 is 0 Å². The van der Waals surface area contributed by atoms with E-state index in [0.717, 1.165) is 35.1 Å². The topological polar surface area (TPSA) is 74.6 Å². The minimum Gasteiger partial charge on any atom is -0.478 e. The van der Waals surface area contributed by atoms with Gasteiger partial charge in [0.2, 0.25) is 0 Å². The molecule has 4 nitrogen and oxygen atoms in total. The summed E-state index contributed by atoms with van der Waals surface area (Å²) in [5, 5.41) is 19.6. The normalized spacial score (nSPS) is 10.7. The average Bonchev–Trinajstić information content (AvgIpc) is 2.73. The summed E-state index contributed by atoms with van der Waals surface area (Å²) >= 11 is 0. The van der Waals surface area contributed by atoms with Crippen LogP contribution in [0.1, 0.15) is 52.1 Å². The van der Waals surface area contributed by atoms with Crippen LogP contribution in [0.5, 0.6) is 0 Å². The Balaban J connectivity index is 2.48. The molecule has 148 valence electrons. The molecule has 3 aromatic carbocycles. The number of carbonyl (C=O) groups is 2. The van der Waals surface area contributed by atoms with Crippen LogP contribution in [0.3, 0.4) is 0 Å². The zero-order chi connectivity index (χ0) is 21.0. The summed E-state index contributed by atoms with van der Waals surface area (Å²) in [7, 11) is 0. The largest absolute Gasteiger partial charge is 0.478 e. The molecule has 0 aliphatic rings. The van der Waals surface area contributed by atoms with Crippen molar-refractivity contribution in [1.29, 1.82) is 0 Å². The molecule has 0 aliphatic carbocycles. The molecule has 0 aliphatic heterocycles. The van der Waals surface area contributed by atoms with Gasteiger partial charge in [-0.1, -0.05) is 68.8 Å². The third-order valence-corrected chi connectivity index (χ3v) is 5.13. The molecule has 0 bridgehead atoms. The van der Waals surface area contributed by atoms with Crippen LogP contribution in [0, 0.1) is 0 Å². The summed E-state index contributed by atoms with van der Waals surface area (Å²) in [6.07, 6.45) is 2.38. The number of aryl methyl sites for hydroxylation is 2. The molecule has 29 heavy (non-hydrogen) atoms. The van der Waals surface area contributed by atoms with Crippen LogP contribution in [0.25, 0.3) is 22.3 Å². The van der Waals surface area contributed by atoms with E-state index in [0.29, 0.717) is 17.5 Å². The van der Waals surface area contributed by atoms with Gasteiger partial charge in [0.1, 0.15) is 0 Å². The lowest BCUT2D eigenvalue weighted by molar-refractivity contribution is 0.0686. The molecule has 0 atom stereocenters. The monoisotopic (exact) mass is 388 g/mol. The zero-order valence-electron chi connectivity index (χ0n) is 16.6. The van der Waals surface area contributed by atoms with Gasteiger partial charge in [-0.25, -0.2) is 9.59 Å². The maximum atomic E-state index is 11.9. The van der Waals surface area contributed by atoms with E-state index in [1.54, 1.807) is 30.3 Å². The van der Waals surface area contributed by atoms with Crippen molar-refractivity contribution in [3.63, 3.8) is 0 Å². The molecule has 0 spiro atoms. The Hall–Kier alpha value is -3.40. The fraction of sp³-hybridized carbons (Fsp3) is 0.200. The van der Waals surface area contributed by atoms with E-state index >= 15 is 0 Å². The fourth-order valence-electron chi connectivity index (χ4n) is 3.85. The summed E-state index contributed by atoms with van der Waals surface area (Å²) in [5.41, 5.74) is 5.31. The molecule has 2 N–H and O–H groups in total. The molecule has 0 unspecified atom stereocenters. The van der Waals surface area contributed by atoms with Crippen molar-refractivity contribution in [3.8, 4) is 22.3 Å². The molecular weight excluding hydrogens is 364 g/mol. The van der Waals surface area contributed by atoms with Crippen LogP contribution in [0.2, 0.25) is 0 Å². The minimum absolute atomic E-state index is 0.213. The first-order chi connectivity index (χ1) is 14.0. The lowest BCUT2D eigenvalue weighted by atomic mass is 9.82. The van der Waals surface area contributed by atoms with E-state index in [1.165, 1.54) is 0 Å². The molecule has 0 radical (unpaired) electrons. The minimum atomic E-state index is -0.999. The maximum absolute atomic E-state index is 11.9. The van der Waals surface area contributed by atoms with E-state index in [2.05, 4.69) is 6.92 Å².